The van der Waals surface area contributed by atoms with E-state index in [4.69, 9.17) is 11.5 Å². The zero-order chi connectivity index (χ0) is 8.27. The zero-order valence-electron chi connectivity index (χ0n) is 5.56. The lowest BCUT2D eigenvalue weighted by Crippen LogP contribution is -2.08. The molecule has 0 unspecified atom stereocenters. The van der Waals surface area contributed by atoms with E-state index in [1.54, 1.807) is 0 Å². The third kappa shape index (κ3) is 1.35. The van der Waals surface area contributed by atoms with E-state index in [2.05, 4.69) is 16.1 Å². The largest absolute Gasteiger partial charge is 0.475 e. The molecule has 1 heterocycles. The Morgan fingerprint density at radius 1 is 1.91 bits per heavy atom. The maximum atomic E-state index is 10.4. The van der Waals surface area contributed by atoms with Crippen LogP contribution in [0.4, 0.5) is 0 Å². The molecule has 1 aromatic rings. The molecule has 1 N–H and O–H groups in total. The highest BCUT2D eigenvalue weighted by Gasteiger charge is 2.10. The van der Waals surface area contributed by atoms with E-state index in [-0.39, 0.29) is 12.4 Å². The molecule has 0 aromatic carbocycles. The van der Waals surface area contributed by atoms with E-state index in [0.717, 1.165) is 0 Å². The Labute approximate surface area is 62.7 Å². The summed E-state index contributed by atoms with van der Waals surface area (Å²) in [5.41, 5.74) is 0. The number of carbonyl (C=O) groups is 1. The number of hydrogen-bond acceptors (Lipinski definition) is 3. The first-order valence-electron chi connectivity index (χ1n) is 2.80. The molecule has 56 valence electrons. The van der Waals surface area contributed by atoms with Crippen LogP contribution in [0.2, 0.25) is 0 Å². The zero-order valence-corrected chi connectivity index (χ0v) is 5.56. The fraction of sp³-hybridized carbons (Fsp3) is 0.167. The van der Waals surface area contributed by atoms with Crippen molar-refractivity contribution in [2.24, 2.45) is 0 Å². The van der Waals surface area contributed by atoms with Gasteiger partial charge in [-0.3, -0.25) is 4.57 Å². The van der Waals surface area contributed by atoms with Gasteiger partial charge in [-0.25, -0.2) is 4.79 Å². The summed E-state index contributed by atoms with van der Waals surface area (Å²) in [6, 6.07) is 0. The molecule has 0 saturated carbocycles. The average molecular weight is 151 g/mol. The number of aromatic carboxylic acids is 1. The summed E-state index contributed by atoms with van der Waals surface area (Å²) in [5.74, 6) is 1.02. The maximum Gasteiger partial charge on any atom is 0.374 e. The van der Waals surface area contributed by atoms with Crippen molar-refractivity contribution >= 4 is 5.97 Å². The molecule has 0 spiro atoms. The average Bonchev–Trinajstić information content (AvgIpc) is 2.36. The topological polar surface area (TPSA) is 68.0 Å². The monoisotopic (exact) mass is 151 g/mol. The van der Waals surface area contributed by atoms with Crippen molar-refractivity contribution in [2.45, 2.75) is 6.54 Å². The van der Waals surface area contributed by atoms with Crippen LogP contribution >= 0.6 is 0 Å². The van der Waals surface area contributed by atoms with Gasteiger partial charge in [0.2, 0.25) is 5.82 Å². The van der Waals surface area contributed by atoms with Crippen molar-refractivity contribution in [3.8, 4) is 12.3 Å². The molecular weight excluding hydrogens is 146 g/mol. The summed E-state index contributed by atoms with van der Waals surface area (Å²) in [6.07, 6.45) is 6.25. The molecule has 0 atom stereocenters. The predicted octanol–water partition coefficient (Wildman–Crippen LogP) is -0.391. The Balaban J connectivity index is 2.98. The first-order valence-corrected chi connectivity index (χ1v) is 2.80. The summed E-state index contributed by atoms with van der Waals surface area (Å²) in [5, 5.41) is 15.2. The predicted molar refractivity (Wildman–Crippen MR) is 35.8 cm³/mol. The van der Waals surface area contributed by atoms with Crippen LogP contribution in [0, 0.1) is 12.3 Å². The van der Waals surface area contributed by atoms with Crippen LogP contribution in [0.15, 0.2) is 6.33 Å². The quantitative estimate of drug-likeness (QED) is 0.584. The molecule has 5 nitrogen and oxygen atoms in total. The smallest absolute Gasteiger partial charge is 0.374 e. The molecule has 11 heavy (non-hydrogen) atoms. The molecule has 0 fully saturated rings. The van der Waals surface area contributed by atoms with Gasteiger partial charge in [-0.1, -0.05) is 5.92 Å². The van der Waals surface area contributed by atoms with Gasteiger partial charge >= 0.3 is 5.97 Å². The van der Waals surface area contributed by atoms with E-state index < -0.39 is 5.97 Å². The second-order valence-corrected chi connectivity index (χ2v) is 1.79. The van der Waals surface area contributed by atoms with Crippen molar-refractivity contribution < 1.29 is 9.90 Å². The molecular formula is C6H5N3O2. The Kier molecular flexibility index (Phi) is 1.88. The molecule has 0 aliphatic rings. The normalized spacial score (nSPS) is 9.00. The number of rotatable bonds is 2. The molecule has 0 radical (unpaired) electrons. The molecule has 1 aromatic heterocycles. The summed E-state index contributed by atoms with van der Waals surface area (Å²) in [4.78, 5) is 10.4. The summed E-state index contributed by atoms with van der Waals surface area (Å²) in [6.45, 7) is 0.175. The van der Waals surface area contributed by atoms with E-state index in [1.165, 1.54) is 10.9 Å². The Morgan fingerprint density at radius 3 is 3.18 bits per heavy atom. The number of carboxylic acid groups (broad SMARTS) is 1. The highest BCUT2D eigenvalue weighted by Crippen LogP contribution is 1.92. The molecule has 0 amide bonds. The van der Waals surface area contributed by atoms with Gasteiger partial charge in [0.1, 0.15) is 6.33 Å². The number of aromatic nitrogens is 3. The highest BCUT2D eigenvalue weighted by molar-refractivity contribution is 5.83. The fourth-order valence-electron chi connectivity index (χ4n) is 0.635. The molecule has 0 aliphatic carbocycles. The molecule has 5 heteroatoms. The lowest BCUT2D eigenvalue weighted by Gasteiger charge is -1.94. The lowest BCUT2D eigenvalue weighted by atomic mass is 10.5. The van der Waals surface area contributed by atoms with Gasteiger partial charge in [-0.15, -0.1) is 16.6 Å². The van der Waals surface area contributed by atoms with Gasteiger partial charge in [0.05, 0.1) is 6.54 Å². The minimum atomic E-state index is -1.13. The highest BCUT2D eigenvalue weighted by atomic mass is 16.4. The van der Waals surface area contributed by atoms with Gasteiger partial charge in [-0.2, -0.15) is 0 Å². The lowest BCUT2D eigenvalue weighted by molar-refractivity contribution is 0.0678. The van der Waals surface area contributed by atoms with Crippen LogP contribution in [-0.2, 0) is 6.54 Å². The van der Waals surface area contributed by atoms with Crippen LogP contribution in [0.3, 0.4) is 0 Å². The first-order chi connectivity index (χ1) is 5.25. The second-order valence-electron chi connectivity index (χ2n) is 1.79. The van der Waals surface area contributed by atoms with Gasteiger partial charge in [0, 0.05) is 0 Å². The third-order valence-corrected chi connectivity index (χ3v) is 1.07. The minimum absolute atomic E-state index is 0.136. The summed E-state index contributed by atoms with van der Waals surface area (Å²) < 4.78 is 1.28. The van der Waals surface area contributed by atoms with E-state index in [9.17, 15) is 4.79 Å². The standard InChI is InChI=1S/C6H5N3O2/c1-2-3-9-4-7-8-5(9)6(10)11/h1,4H,3H2,(H,10,11). The van der Waals surface area contributed by atoms with Crippen molar-refractivity contribution in [3.05, 3.63) is 12.2 Å². The second kappa shape index (κ2) is 2.84. The molecule has 1 rings (SSSR count). The van der Waals surface area contributed by atoms with Crippen molar-refractivity contribution in [3.63, 3.8) is 0 Å². The summed E-state index contributed by atoms with van der Waals surface area (Å²) in [7, 11) is 0. The Bertz CT molecular complexity index is 310. The Hall–Kier alpha value is -1.83. The van der Waals surface area contributed by atoms with Crippen molar-refractivity contribution in [1.82, 2.24) is 14.8 Å². The Morgan fingerprint density at radius 2 is 2.64 bits per heavy atom. The number of carboxylic acids is 1. The summed E-state index contributed by atoms with van der Waals surface area (Å²) >= 11 is 0. The van der Waals surface area contributed by atoms with Gasteiger partial charge in [0.15, 0.2) is 0 Å². The van der Waals surface area contributed by atoms with Crippen LogP contribution in [0.1, 0.15) is 10.6 Å². The molecule has 0 aliphatic heterocycles. The number of nitrogens with zero attached hydrogens (tertiary/aromatic N) is 3. The van der Waals surface area contributed by atoms with Crippen LogP contribution in [-0.4, -0.2) is 25.8 Å². The van der Waals surface area contributed by atoms with Gasteiger partial charge in [-0.05, 0) is 0 Å². The maximum absolute atomic E-state index is 10.4. The van der Waals surface area contributed by atoms with Crippen LogP contribution in [0.5, 0.6) is 0 Å². The van der Waals surface area contributed by atoms with Crippen molar-refractivity contribution in [2.75, 3.05) is 0 Å². The van der Waals surface area contributed by atoms with Gasteiger partial charge < -0.3 is 5.11 Å². The number of terminal acetylenes is 1. The van der Waals surface area contributed by atoms with Crippen molar-refractivity contribution in [1.29, 1.82) is 0 Å². The van der Waals surface area contributed by atoms with E-state index >= 15 is 0 Å². The van der Waals surface area contributed by atoms with Gasteiger partial charge in [0.25, 0.3) is 0 Å². The molecule has 0 bridgehead atoms. The van der Waals surface area contributed by atoms with E-state index in [1.807, 2.05) is 0 Å². The number of hydrogen-bond donors (Lipinski definition) is 1. The minimum Gasteiger partial charge on any atom is -0.475 e. The fourth-order valence-corrected chi connectivity index (χ4v) is 0.635. The van der Waals surface area contributed by atoms with Crippen LogP contribution in [0.25, 0.3) is 0 Å². The molecule has 0 saturated heterocycles. The van der Waals surface area contributed by atoms with E-state index in [0.29, 0.717) is 0 Å². The van der Waals surface area contributed by atoms with Crippen LogP contribution < -0.4 is 0 Å². The SMILES string of the molecule is C#CCn1cnnc1C(=O)O. The first kappa shape index (κ1) is 7.28. The third-order valence-electron chi connectivity index (χ3n) is 1.07.